The molecule has 5 heteroatoms. The summed E-state index contributed by atoms with van der Waals surface area (Å²) in [6.45, 7) is 2.84. The Kier molecular flexibility index (Phi) is 3.55. The van der Waals surface area contributed by atoms with Gasteiger partial charge in [0.2, 0.25) is 0 Å². The lowest BCUT2D eigenvalue weighted by molar-refractivity contribution is 1.05. The van der Waals surface area contributed by atoms with Crippen molar-refractivity contribution in [3.8, 4) is 5.69 Å². The van der Waals surface area contributed by atoms with Crippen LogP contribution in [0.3, 0.4) is 0 Å². The van der Waals surface area contributed by atoms with E-state index in [1.165, 1.54) is 10.3 Å². The molecule has 0 aliphatic carbocycles. The van der Waals surface area contributed by atoms with Crippen molar-refractivity contribution in [1.29, 1.82) is 0 Å². The lowest BCUT2D eigenvalue weighted by atomic mass is 10.2. The number of thiazole rings is 1. The van der Waals surface area contributed by atoms with Gasteiger partial charge in [-0.2, -0.15) is 0 Å². The van der Waals surface area contributed by atoms with Gasteiger partial charge in [-0.25, -0.2) is 9.97 Å². The predicted octanol–water partition coefficient (Wildman–Crippen LogP) is 4.40. The van der Waals surface area contributed by atoms with Crippen LogP contribution in [0.5, 0.6) is 0 Å². The SMILES string of the molecule is Cc1nc2ccc(CNc3cccc(-n4ccnc4)c3)cc2s1. The molecule has 4 aromatic rings. The van der Waals surface area contributed by atoms with Gasteiger partial charge in [0.15, 0.2) is 0 Å². The fraction of sp³-hybridized carbons (Fsp3) is 0.111. The molecule has 0 aliphatic rings. The lowest BCUT2D eigenvalue weighted by Crippen LogP contribution is -2.00. The second kappa shape index (κ2) is 5.85. The van der Waals surface area contributed by atoms with Gasteiger partial charge in [-0.1, -0.05) is 12.1 Å². The molecule has 23 heavy (non-hydrogen) atoms. The molecule has 4 rings (SSSR count). The van der Waals surface area contributed by atoms with Gasteiger partial charge in [0.1, 0.15) is 0 Å². The first kappa shape index (κ1) is 14.0. The molecule has 0 saturated heterocycles. The first-order valence-electron chi connectivity index (χ1n) is 7.46. The number of hydrogen-bond donors (Lipinski definition) is 1. The Bertz CT molecular complexity index is 941. The van der Waals surface area contributed by atoms with E-state index in [-0.39, 0.29) is 0 Å². The molecular weight excluding hydrogens is 304 g/mol. The Morgan fingerprint density at radius 1 is 1.17 bits per heavy atom. The van der Waals surface area contributed by atoms with Gasteiger partial charge in [0.25, 0.3) is 0 Å². The Labute approximate surface area is 138 Å². The summed E-state index contributed by atoms with van der Waals surface area (Å²) in [7, 11) is 0. The zero-order valence-corrected chi connectivity index (χ0v) is 13.5. The zero-order valence-electron chi connectivity index (χ0n) is 12.7. The lowest BCUT2D eigenvalue weighted by Gasteiger charge is -2.09. The fourth-order valence-electron chi connectivity index (χ4n) is 2.59. The van der Waals surface area contributed by atoms with Crippen LogP contribution in [0.2, 0.25) is 0 Å². The summed E-state index contributed by atoms with van der Waals surface area (Å²) < 4.78 is 3.24. The third-order valence-electron chi connectivity index (χ3n) is 3.71. The standard InChI is InChI=1S/C18H16N4S/c1-13-21-17-6-5-14(9-18(17)23-13)11-20-15-3-2-4-16(10-15)22-8-7-19-12-22/h2-10,12,20H,11H2,1H3. The molecule has 114 valence electrons. The van der Waals surface area contributed by atoms with Crippen LogP contribution in [0.1, 0.15) is 10.6 Å². The van der Waals surface area contributed by atoms with Gasteiger partial charge in [-0.15, -0.1) is 11.3 Å². The van der Waals surface area contributed by atoms with Crippen molar-refractivity contribution in [2.45, 2.75) is 13.5 Å². The highest BCUT2D eigenvalue weighted by Gasteiger charge is 2.02. The Morgan fingerprint density at radius 3 is 3.00 bits per heavy atom. The molecule has 0 fully saturated rings. The number of aromatic nitrogens is 3. The number of imidazole rings is 1. The maximum Gasteiger partial charge on any atom is 0.0991 e. The van der Waals surface area contributed by atoms with E-state index >= 15 is 0 Å². The largest absolute Gasteiger partial charge is 0.381 e. The van der Waals surface area contributed by atoms with Crippen molar-refractivity contribution in [3.05, 3.63) is 71.8 Å². The normalized spacial score (nSPS) is 11.0. The van der Waals surface area contributed by atoms with Crippen molar-refractivity contribution < 1.29 is 0 Å². The molecule has 0 aliphatic heterocycles. The van der Waals surface area contributed by atoms with E-state index < -0.39 is 0 Å². The van der Waals surface area contributed by atoms with Crippen molar-refractivity contribution >= 4 is 27.2 Å². The smallest absolute Gasteiger partial charge is 0.0991 e. The number of rotatable bonds is 4. The van der Waals surface area contributed by atoms with E-state index in [9.17, 15) is 0 Å². The highest BCUT2D eigenvalue weighted by Crippen LogP contribution is 2.23. The number of benzene rings is 2. The summed E-state index contributed by atoms with van der Waals surface area (Å²) >= 11 is 1.74. The van der Waals surface area contributed by atoms with Crippen LogP contribution in [0.4, 0.5) is 5.69 Å². The fourth-order valence-corrected chi connectivity index (χ4v) is 3.48. The summed E-state index contributed by atoms with van der Waals surface area (Å²) in [6.07, 6.45) is 5.53. The van der Waals surface area contributed by atoms with E-state index in [1.54, 1.807) is 23.9 Å². The predicted molar refractivity (Wildman–Crippen MR) is 95.2 cm³/mol. The van der Waals surface area contributed by atoms with Crippen LogP contribution in [-0.2, 0) is 6.54 Å². The quantitative estimate of drug-likeness (QED) is 0.606. The summed E-state index contributed by atoms with van der Waals surface area (Å²) in [5, 5.41) is 4.59. The van der Waals surface area contributed by atoms with Crippen LogP contribution < -0.4 is 5.32 Å². The first-order chi connectivity index (χ1) is 11.3. The molecular formula is C18H16N4S. The second-order valence-electron chi connectivity index (χ2n) is 5.41. The Morgan fingerprint density at radius 2 is 2.13 bits per heavy atom. The summed E-state index contributed by atoms with van der Waals surface area (Å²) in [5.74, 6) is 0. The van der Waals surface area contributed by atoms with E-state index in [0.29, 0.717) is 0 Å². The summed E-state index contributed by atoms with van der Waals surface area (Å²) in [5.41, 5.74) is 4.53. The van der Waals surface area contributed by atoms with Gasteiger partial charge < -0.3 is 9.88 Å². The molecule has 0 amide bonds. The van der Waals surface area contributed by atoms with Crippen molar-refractivity contribution in [1.82, 2.24) is 14.5 Å². The minimum Gasteiger partial charge on any atom is -0.381 e. The molecule has 0 bridgehead atoms. The van der Waals surface area contributed by atoms with Gasteiger partial charge >= 0.3 is 0 Å². The molecule has 4 nitrogen and oxygen atoms in total. The molecule has 1 N–H and O–H groups in total. The van der Waals surface area contributed by atoms with Crippen LogP contribution in [0, 0.1) is 6.92 Å². The number of anilines is 1. The van der Waals surface area contributed by atoms with E-state index in [0.717, 1.165) is 28.4 Å². The zero-order chi connectivity index (χ0) is 15.6. The van der Waals surface area contributed by atoms with E-state index in [1.807, 2.05) is 23.8 Å². The molecule has 2 aromatic heterocycles. The third kappa shape index (κ3) is 2.96. The third-order valence-corrected chi connectivity index (χ3v) is 4.64. The molecule has 0 saturated carbocycles. The minimum atomic E-state index is 0.792. The number of nitrogens with one attached hydrogen (secondary N) is 1. The van der Waals surface area contributed by atoms with Crippen molar-refractivity contribution in [3.63, 3.8) is 0 Å². The number of fused-ring (bicyclic) bond motifs is 1. The highest BCUT2D eigenvalue weighted by atomic mass is 32.1. The Hall–Kier alpha value is -2.66. The van der Waals surface area contributed by atoms with Gasteiger partial charge in [-0.3, -0.25) is 0 Å². The highest BCUT2D eigenvalue weighted by molar-refractivity contribution is 7.18. The number of hydrogen-bond acceptors (Lipinski definition) is 4. The van der Waals surface area contributed by atoms with Crippen LogP contribution in [0.15, 0.2) is 61.2 Å². The van der Waals surface area contributed by atoms with E-state index in [4.69, 9.17) is 0 Å². The van der Waals surface area contributed by atoms with Gasteiger partial charge in [0, 0.05) is 30.3 Å². The molecule has 2 heterocycles. The second-order valence-corrected chi connectivity index (χ2v) is 6.64. The van der Waals surface area contributed by atoms with Crippen LogP contribution in [-0.4, -0.2) is 14.5 Å². The minimum absolute atomic E-state index is 0.792. The van der Waals surface area contributed by atoms with Crippen molar-refractivity contribution in [2.24, 2.45) is 0 Å². The maximum atomic E-state index is 4.50. The topological polar surface area (TPSA) is 42.7 Å². The number of nitrogens with zero attached hydrogens (tertiary/aromatic N) is 3. The molecule has 2 aromatic carbocycles. The van der Waals surface area contributed by atoms with Crippen LogP contribution in [0.25, 0.3) is 15.9 Å². The molecule has 0 spiro atoms. The number of aryl methyl sites for hydroxylation is 1. The average molecular weight is 320 g/mol. The van der Waals surface area contributed by atoms with Gasteiger partial charge in [0.05, 0.1) is 21.6 Å². The van der Waals surface area contributed by atoms with Crippen molar-refractivity contribution in [2.75, 3.05) is 5.32 Å². The average Bonchev–Trinajstić information content (AvgIpc) is 3.21. The van der Waals surface area contributed by atoms with E-state index in [2.05, 4.69) is 51.7 Å². The first-order valence-corrected chi connectivity index (χ1v) is 8.28. The monoisotopic (exact) mass is 320 g/mol. The summed E-state index contributed by atoms with van der Waals surface area (Å²) in [4.78, 5) is 8.59. The molecule has 0 atom stereocenters. The summed E-state index contributed by atoms with van der Waals surface area (Å²) in [6, 6.07) is 14.8. The van der Waals surface area contributed by atoms with Gasteiger partial charge in [-0.05, 0) is 42.8 Å². The van der Waals surface area contributed by atoms with Crippen LogP contribution >= 0.6 is 11.3 Å². The molecule has 0 radical (unpaired) electrons. The Balaban J connectivity index is 1.52. The molecule has 0 unspecified atom stereocenters. The maximum absolute atomic E-state index is 4.50.